The van der Waals surface area contributed by atoms with Crippen molar-refractivity contribution >= 4 is 0 Å². The summed E-state index contributed by atoms with van der Waals surface area (Å²) in [7, 11) is 0. The van der Waals surface area contributed by atoms with Crippen LogP contribution in [0.2, 0.25) is 0 Å². The lowest BCUT2D eigenvalue weighted by molar-refractivity contribution is 0.754. The lowest BCUT2D eigenvalue weighted by atomic mass is 9.61. The zero-order valence-corrected chi connectivity index (χ0v) is 43.9. The van der Waals surface area contributed by atoms with Gasteiger partial charge in [0.15, 0.2) is 34.9 Å². The number of nitrogens with zero attached hydrogens (tertiary/aromatic N) is 6. The molecule has 0 radical (unpaired) electrons. The summed E-state index contributed by atoms with van der Waals surface area (Å²) in [5, 5.41) is 0. The number of benzene rings is 11. The van der Waals surface area contributed by atoms with Crippen molar-refractivity contribution in [3.63, 3.8) is 0 Å². The van der Waals surface area contributed by atoms with Crippen LogP contribution in [0.15, 0.2) is 279 Å². The quantitative estimate of drug-likeness (QED) is 0.143. The average Bonchev–Trinajstić information content (AvgIpc) is 4.13. The van der Waals surface area contributed by atoms with Gasteiger partial charge in [-0.15, -0.1) is 0 Å². The molecule has 4 aliphatic rings. The Bertz CT molecular complexity index is 4490. The van der Waals surface area contributed by atoms with Gasteiger partial charge in [0, 0.05) is 45.2 Å². The van der Waals surface area contributed by atoms with Crippen LogP contribution >= 0.6 is 0 Å². The van der Waals surface area contributed by atoms with Gasteiger partial charge in [-0.3, -0.25) is 0 Å². The van der Waals surface area contributed by atoms with E-state index in [9.17, 15) is 0 Å². The topological polar surface area (TPSA) is 77.3 Å². The molecule has 2 bridgehead atoms. The first-order valence-corrected chi connectivity index (χ1v) is 27.7. The molecule has 378 valence electrons. The lowest BCUT2D eigenvalue weighted by Crippen LogP contribution is -2.28. The van der Waals surface area contributed by atoms with Gasteiger partial charge in [-0.25, -0.2) is 29.9 Å². The van der Waals surface area contributed by atoms with Crippen molar-refractivity contribution in [1.82, 2.24) is 29.9 Å². The normalized spacial score (nSPS) is 14.8. The first-order valence-electron chi connectivity index (χ1n) is 27.7. The third-order valence-electron chi connectivity index (χ3n) is 16.9. The first-order chi connectivity index (χ1) is 40.2. The van der Waals surface area contributed by atoms with Crippen molar-refractivity contribution in [2.75, 3.05) is 0 Å². The van der Waals surface area contributed by atoms with E-state index in [0.717, 1.165) is 44.5 Å². The second kappa shape index (κ2) is 18.8. The van der Waals surface area contributed by atoms with Gasteiger partial charge < -0.3 is 0 Å². The highest BCUT2D eigenvalue weighted by atomic mass is 15.0. The summed E-state index contributed by atoms with van der Waals surface area (Å²) in [6.45, 7) is 0. The number of hydrogen-bond donors (Lipinski definition) is 0. The Morgan fingerprint density at radius 3 is 1.04 bits per heavy atom. The summed E-state index contributed by atoms with van der Waals surface area (Å²) in [6, 6.07) is 99.6. The minimum atomic E-state index is -0.489. The molecule has 0 saturated heterocycles. The van der Waals surface area contributed by atoms with E-state index in [0.29, 0.717) is 34.9 Å². The Labute approximate surface area is 470 Å². The minimum Gasteiger partial charge on any atom is -0.208 e. The van der Waals surface area contributed by atoms with Crippen LogP contribution in [0.5, 0.6) is 0 Å². The molecule has 4 aliphatic carbocycles. The van der Waals surface area contributed by atoms with Crippen LogP contribution in [0.25, 0.3) is 90.6 Å². The second-order valence-electron chi connectivity index (χ2n) is 21.2. The molecular weight excluding hydrogens is 985 g/mol. The van der Waals surface area contributed by atoms with Gasteiger partial charge in [-0.2, -0.15) is 0 Å². The second-order valence-corrected chi connectivity index (χ2v) is 21.2. The summed E-state index contributed by atoms with van der Waals surface area (Å²) in [4.78, 5) is 31.3. The molecule has 11 aromatic carbocycles. The molecule has 2 aromatic heterocycles. The largest absolute Gasteiger partial charge is 0.208 e. The van der Waals surface area contributed by atoms with E-state index in [2.05, 4.69) is 224 Å². The van der Waals surface area contributed by atoms with Gasteiger partial charge in [0.05, 0.1) is 5.41 Å². The molecule has 17 rings (SSSR count). The molecule has 0 spiro atoms. The molecule has 6 heteroatoms. The first kappa shape index (κ1) is 46.5. The van der Waals surface area contributed by atoms with Crippen molar-refractivity contribution in [3.8, 4) is 90.6 Å². The van der Waals surface area contributed by atoms with Crippen molar-refractivity contribution in [3.05, 3.63) is 335 Å². The molecule has 6 nitrogen and oxygen atoms in total. The fourth-order valence-electron chi connectivity index (χ4n) is 13.3. The van der Waals surface area contributed by atoms with E-state index < -0.39 is 5.41 Å². The fraction of sp³-hybridized carbons (Fsp3) is 0.0400. The molecule has 2 atom stereocenters. The lowest BCUT2D eigenvalue weighted by Gasteiger charge is -2.42. The maximum Gasteiger partial charge on any atom is 0.164 e. The molecule has 81 heavy (non-hydrogen) atoms. The maximum absolute atomic E-state index is 5.46. The van der Waals surface area contributed by atoms with E-state index in [1.54, 1.807) is 0 Å². The van der Waals surface area contributed by atoms with E-state index in [-0.39, 0.29) is 11.8 Å². The summed E-state index contributed by atoms with van der Waals surface area (Å²) < 4.78 is 0. The van der Waals surface area contributed by atoms with E-state index in [1.165, 1.54) is 66.8 Å². The van der Waals surface area contributed by atoms with Crippen LogP contribution in [0, 0.1) is 0 Å². The van der Waals surface area contributed by atoms with Crippen LogP contribution in [0.1, 0.15) is 67.5 Å². The zero-order valence-electron chi connectivity index (χ0n) is 43.9. The molecule has 0 saturated carbocycles. The van der Waals surface area contributed by atoms with Gasteiger partial charge in [-0.05, 0) is 96.1 Å². The predicted octanol–water partition coefficient (Wildman–Crippen LogP) is 17.1. The Kier molecular flexibility index (Phi) is 10.8. The van der Waals surface area contributed by atoms with Gasteiger partial charge in [0.1, 0.15) is 0 Å². The number of fused-ring (bicyclic) bond motifs is 3. The van der Waals surface area contributed by atoms with Crippen LogP contribution in [-0.4, -0.2) is 29.9 Å². The van der Waals surface area contributed by atoms with Crippen LogP contribution in [0.4, 0.5) is 0 Å². The zero-order chi connectivity index (χ0) is 53.4. The SMILES string of the molecule is c1ccc(-c2nc(-c3ccccc3)nc(-c3ccc4c(c3)C3c5ccccc5C4c4cc(-c5nc(-c6ccccc6)nc(-c6ccccc6-c6ccc7c(c6)-c6ccccc6C7(c6ccccc6)c6ccccc6)n5)ccc43)n2)cc1. The highest BCUT2D eigenvalue weighted by molar-refractivity contribution is 5.91. The Balaban J connectivity index is 0.817. The molecule has 0 fully saturated rings. The molecule has 0 N–H and O–H groups in total. The third kappa shape index (κ3) is 7.48. The number of aromatic nitrogens is 6. The number of hydrogen-bond acceptors (Lipinski definition) is 6. The summed E-state index contributed by atoms with van der Waals surface area (Å²) in [5.74, 6) is 3.79. The van der Waals surface area contributed by atoms with Gasteiger partial charge >= 0.3 is 0 Å². The van der Waals surface area contributed by atoms with Crippen molar-refractivity contribution in [2.45, 2.75) is 17.3 Å². The highest BCUT2D eigenvalue weighted by Gasteiger charge is 2.46. The predicted molar refractivity (Wildman–Crippen MR) is 323 cm³/mol. The Morgan fingerprint density at radius 1 is 0.210 bits per heavy atom. The molecule has 13 aromatic rings. The van der Waals surface area contributed by atoms with Gasteiger partial charge in [0.2, 0.25) is 0 Å². The van der Waals surface area contributed by atoms with Crippen LogP contribution in [0.3, 0.4) is 0 Å². The Hall–Kier alpha value is -10.6. The smallest absolute Gasteiger partial charge is 0.164 e. The molecule has 2 unspecified atom stereocenters. The van der Waals surface area contributed by atoms with Gasteiger partial charge in [-0.1, -0.05) is 261 Å². The monoisotopic (exact) mass is 1030 g/mol. The Morgan fingerprint density at radius 2 is 0.556 bits per heavy atom. The van der Waals surface area contributed by atoms with E-state index in [4.69, 9.17) is 29.9 Å². The summed E-state index contributed by atoms with van der Waals surface area (Å²) in [5.41, 5.74) is 22.5. The molecule has 0 aliphatic heterocycles. The van der Waals surface area contributed by atoms with E-state index >= 15 is 0 Å². The van der Waals surface area contributed by atoms with Crippen molar-refractivity contribution in [2.24, 2.45) is 0 Å². The van der Waals surface area contributed by atoms with E-state index in [1.807, 2.05) is 54.6 Å². The number of rotatable bonds is 9. The van der Waals surface area contributed by atoms with Crippen molar-refractivity contribution in [1.29, 1.82) is 0 Å². The molecule has 2 heterocycles. The maximum atomic E-state index is 5.46. The molecular formula is C75H48N6. The van der Waals surface area contributed by atoms with Crippen LogP contribution < -0.4 is 0 Å². The minimum absolute atomic E-state index is 0.000249. The average molecular weight is 1030 g/mol. The summed E-state index contributed by atoms with van der Waals surface area (Å²) >= 11 is 0. The van der Waals surface area contributed by atoms with Crippen LogP contribution in [-0.2, 0) is 5.41 Å². The molecule has 0 amide bonds. The van der Waals surface area contributed by atoms with Crippen molar-refractivity contribution < 1.29 is 0 Å². The summed E-state index contributed by atoms with van der Waals surface area (Å²) in [6.07, 6.45) is 0. The highest BCUT2D eigenvalue weighted by Crippen LogP contribution is 2.58. The van der Waals surface area contributed by atoms with Gasteiger partial charge in [0.25, 0.3) is 0 Å². The standard InChI is InChI=1S/C75H48N6/c1-6-22-47(23-7-1)69-76-70(48-24-8-2-9-25-48)78-72(77-69)51-38-41-59-63(45-51)67-57-34-17-18-35-58(57)68(59)64-46-52(39-42-60(64)67)73-79-71(49-26-10-3-11-27-49)80-74(81-73)61-36-19-16-32-55(61)50-40-43-66-62(44-50)56-33-20-21-37-65(56)75(66,53-28-12-4-13-29-53)54-30-14-5-15-31-54/h1-46,67-68H. The fourth-order valence-corrected chi connectivity index (χ4v) is 13.3. The third-order valence-corrected chi connectivity index (χ3v) is 16.9.